The standard InChI is InChI=1S/C14H17N3/c1-17-10-9-14(16-17)15-13-8-4-6-11-5-2-3-7-12(11)13/h2-3,5,7,9-10,13H,4,6,8H2,1H3,(H,15,16). The zero-order valence-electron chi connectivity index (χ0n) is 10.1. The van der Waals surface area contributed by atoms with Crippen molar-refractivity contribution in [3.05, 3.63) is 47.7 Å². The van der Waals surface area contributed by atoms with Gasteiger partial charge in [0, 0.05) is 19.3 Å². The average molecular weight is 227 g/mol. The van der Waals surface area contributed by atoms with Gasteiger partial charge in [-0.2, -0.15) is 5.10 Å². The molecule has 0 spiro atoms. The maximum Gasteiger partial charge on any atom is 0.148 e. The fraction of sp³-hybridized carbons (Fsp3) is 0.357. The number of anilines is 1. The van der Waals surface area contributed by atoms with Crippen molar-refractivity contribution in [3.8, 4) is 0 Å². The van der Waals surface area contributed by atoms with Gasteiger partial charge in [-0.1, -0.05) is 24.3 Å². The SMILES string of the molecule is Cn1ccc(NC2CCCc3ccccc32)n1. The van der Waals surface area contributed by atoms with E-state index in [4.69, 9.17) is 0 Å². The Morgan fingerprint density at radius 2 is 2.18 bits per heavy atom. The van der Waals surface area contributed by atoms with Crippen molar-refractivity contribution in [2.24, 2.45) is 7.05 Å². The van der Waals surface area contributed by atoms with E-state index in [1.165, 1.54) is 30.4 Å². The van der Waals surface area contributed by atoms with Gasteiger partial charge in [0.05, 0.1) is 6.04 Å². The lowest BCUT2D eigenvalue weighted by Crippen LogP contribution is -2.17. The number of nitrogens with zero attached hydrogens (tertiary/aromatic N) is 2. The number of rotatable bonds is 2. The summed E-state index contributed by atoms with van der Waals surface area (Å²) in [6.07, 6.45) is 5.61. The minimum Gasteiger partial charge on any atom is -0.362 e. The summed E-state index contributed by atoms with van der Waals surface area (Å²) >= 11 is 0. The molecular weight excluding hydrogens is 210 g/mol. The second kappa shape index (κ2) is 4.24. The molecule has 0 bridgehead atoms. The molecule has 1 aromatic carbocycles. The second-order valence-corrected chi connectivity index (χ2v) is 4.66. The van der Waals surface area contributed by atoms with Crippen LogP contribution in [0.15, 0.2) is 36.5 Å². The molecule has 1 heterocycles. The van der Waals surface area contributed by atoms with E-state index in [-0.39, 0.29) is 0 Å². The van der Waals surface area contributed by atoms with E-state index in [1.54, 1.807) is 0 Å². The van der Waals surface area contributed by atoms with Gasteiger partial charge in [-0.15, -0.1) is 0 Å². The van der Waals surface area contributed by atoms with Crippen LogP contribution in [0, 0.1) is 0 Å². The highest BCUT2D eigenvalue weighted by atomic mass is 15.3. The molecule has 2 aromatic rings. The molecule has 1 aromatic heterocycles. The molecule has 0 radical (unpaired) electrons. The van der Waals surface area contributed by atoms with Crippen LogP contribution < -0.4 is 5.32 Å². The summed E-state index contributed by atoms with van der Waals surface area (Å²) in [5.74, 6) is 0.967. The first-order valence-electron chi connectivity index (χ1n) is 6.17. The highest BCUT2D eigenvalue weighted by Crippen LogP contribution is 2.31. The molecule has 1 aliphatic rings. The number of hydrogen-bond acceptors (Lipinski definition) is 2. The molecule has 0 saturated carbocycles. The number of benzene rings is 1. The van der Waals surface area contributed by atoms with Gasteiger partial charge in [-0.05, 0) is 30.4 Å². The Labute approximate surface area is 101 Å². The molecule has 1 unspecified atom stereocenters. The van der Waals surface area contributed by atoms with Gasteiger partial charge in [-0.3, -0.25) is 4.68 Å². The molecule has 3 nitrogen and oxygen atoms in total. The van der Waals surface area contributed by atoms with Gasteiger partial charge in [0.25, 0.3) is 0 Å². The molecule has 1 N–H and O–H groups in total. The molecule has 17 heavy (non-hydrogen) atoms. The van der Waals surface area contributed by atoms with E-state index in [0.717, 1.165) is 5.82 Å². The number of aryl methyl sites for hydroxylation is 2. The lowest BCUT2D eigenvalue weighted by molar-refractivity contribution is 0.597. The van der Waals surface area contributed by atoms with Crippen LogP contribution in [0.3, 0.4) is 0 Å². The van der Waals surface area contributed by atoms with Gasteiger partial charge in [0.2, 0.25) is 0 Å². The summed E-state index contributed by atoms with van der Waals surface area (Å²) in [7, 11) is 1.94. The van der Waals surface area contributed by atoms with E-state index < -0.39 is 0 Å². The van der Waals surface area contributed by atoms with Crippen molar-refractivity contribution in [3.63, 3.8) is 0 Å². The summed E-state index contributed by atoms with van der Waals surface area (Å²) in [4.78, 5) is 0. The summed E-state index contributed by atoms with van der Waals surface area (Å²) < 4.78 is 1.83. The Balaban J connectivity index is 1.85. The maximum atomic E-state index is 4.38. The predicted octanol–water partition coefficient (Wildman–Crippen LogP) is 2.91. The van der Waals surface area contributed by atoms with Crippen molar-refractivity contribution in [1.29, 1.82) is 0 Å². The van der Waals surface area contributed by atoms with Gasteiger partial charge in [0.15, 0.2) is 0 Å². The molecule has 88 valence electrons. The quantitative estimate of drug-likeness (QED) is 0.855. The third-order valence-electron chi connectivity index (χ3n) is 3.41. The van der Waals surface area contributed by atoms with Gasteiger partial charge < -0.3 is 5.32 Å². The Bertz CT molecular complexity index is 516. The van der Waals surface area contributed by atoms with E-state index in [1.807, 2.05) is 24.0 Å². The van der Waals surface area contributed by atoms with Crippen molar-refractivity contribution < 1.29 is 0 Å². The number of hydrogen-bond donors (Lipinski definition) is 1. The number of aromatic nitrogens is 2. The number of nitrogens with one attached hydrogen (secondary N) is 1. The Kier molecular flexibility index (Phi) is 2.59. The molecule has 3 rings (SSSR count). The van der Waals surface area contributed by atoms with Gasteiger partial charge in [-0.25, -0.2) is 0 Å². The molecule has 0 saturated heterocycles. The van der Waals surface area contributed by atoms with Crippen LogP contribution in [0.4, 0.5) is 5.82 Å². The van der Waals surface area contributed by atoms with Gasteiger partial charge >= 0.3 is 0 Å². The first-order chi connectivity index (χ1) is 8.33. The van der Waals surface area contributed by atoms with E-state index >= 15 is 0 Å². The maximum absolute atomic E-state index is 4.38. The minimum atomic E-state index is 0.412. The zero-order valence-corrected chi connectivity index (χ0v) is 10.1. The Hall–Kier alpha value is -1.77. The summed E-state index contributed by atoms with van der Waals surface area (Å²) in [5, 5.41) is 7.91. The van der Waals surface area contributed by atoms with Gasteiger partial charge in [0.1, 0.15) is 5.82 Å². The van der Waals surface area contributed by atoms with Crippen LogP contribution in [0.1, 0.15) is 30.0 Å². The third kappa shape index (κ3) is 2.05. The Morgan fingerprint density at radius 3 is 3.00 bits per heavy atom. The molecule has 0 aliphatic heterocycles. The van der Waals surface area contributed by atoms with Crippen molar-refractivity contribution in [1.82, 2.24) is 9.78 Å². The molecule has 0 amide bonds. The summed E-state index contributed by atoms with van der Waals surface area (Å²) in [6.45, 7) is 0. The van der Waals surface area contributed by atoms with E-state index in [9.17, 15) is 0 Å². The molecule has 1 aliphatic carbocycles. The highest BCUT2D eigenvalue weighted by molar-refractivity contribution is 5.41. The van der Waals surface area contributed by atoms with Crippen LogP contribution in [0.25, 0.3) is 0 Å². The third-order valence-corrected chi connectivity index (χ3v) is 3.41. The molecule has 3 heteroatoms. The van der Waals surface area contributed by atoms with Crippen molar-refractivity contribution >= 4 is 5.82 Å². The topological polar surface area (TPSA) is 29.9 Å². The van der Waals surface area contributed by atoms with Crippen molar-refractivity contribution in [2.45, 2.75) is 25.3 Å². The predicted molar refractivity (Wildman–Crippen MR) is 69.0 cm³/mol. The second-order valence-electron chi connectivity index (χ2n) is 4.66. The average Bonchev–Trinajstić information content (AvgIpc) is 2.75. The lowest BCUT2D eigenvalue weighted by atomic mass is 9.88. The smallest absolute Gasteiger partial charge is 0.148 e. The van der Waals surface area contributed by atoms with E-state index in [0.29, 0.717) is 6.04 Å². The molecule has 1 atom stereocenters. The highest BCUT2D eigenvalue weighted by Gasteiger charge is 2.19. The first kappa shape index (κ1) is 10.4. The summed E-state index contributed by atoms with van der Waals surface area (Å²) in [5.41, 5.74) is 2.91. The first-order valence-corrected chi connectivity index (χ1v) is 6.17. The van der Waals surface area contributed by atoms with Crippen molar-refractivity contribution in [2.75, 3.05) is 5.32 Å². The lowest BCUT2D eigenvalue weighted by Gasteiger charge is -2.26. The van der Waals surface area contributed by atoms with Crippen LogP contribution >= 0.6 is 0 Å². The summed E-state index contributed by atoms with van der Waals surface area (Å²) in [6, 6.07) is 11.2. The largest absolute Gasteiger partial charge is 0.362 e. The fourth-order valence-corrected chi connectivity index (χ4v) is 2.57. The normalized spacial score (nSPS) is 18.8. The van der Waals surface area contributed by atoms with E-state index in [2.05, 4.69) is 34.7 Å². The van der Waals surface area contributed by atoms with Crippen LogP contribution in [0.2, 0.25) is 0 Å². The number of fused-ring (bicyclic) bond motifs is 1. The van der Waals surface area contributed by atoms with Crippen LogP contribution in [-0.4, -0.2) is 9.78 Å². The Morgan fingerprint density at radius 1 is 1.29 bits per heavy atom. The molecular formula is C14H17N3. The zero-order chi connectivity index (χ0) is 11.7. The van der Waals surface area contributed by atoms with Crippen LogP contribution in [-0.2, 0) is 13.5 Å². The monoisotopic (exact) mass is 227 g/mol. The minimum absolute atomic E-state index is 0.412. The molecule has 0 fully saturated rings. The van der Waals surface area contributed by atoms with Crippen LogP contribution in [0.5, 0.6) is 0 Å². The fourth-order valence-electron chi connectivity index (χ4n) is 2.57.